The van der Waals surface area contributed by atoms with Crippen LogP contribution in [0.4, 0.5) is 0 Å². The molecule has 0 bridgehead atoms. The molecule has 2 aromatic rings. The van der Waals surface area contributed by atoms with Gasteiger partial charge in [-0.15, -0.1) is 0 Å². The molecule has 1 aliphatic rings. The lowest BCUT2D eigenvalue weighted by molar-refractivity contribution is 0.304. The van der Waals surface area contributed by atoms with Crippen molar-refractivity contribution in [2.45, 2.75) is 46.3 Å². The molecule has 0 heterocycles. The van der Waals surface area contributed by atoms with Crippen molar-refractivity contribution in [2.24, 2.45) is 5.73 Å². The molecule has 110 valence electrons. The van der Waals surface area contributed by atoms with Crippen LogP contribution >= 0.6 is 0 Å². The van der Waals surface area contributed by atoms with Crippen molar-refractivity contribution in [2.75, 3.05) is 0 Å². The van der Waals surface area contributed by atoms with Gasteiger partial charge in [0.2, 0.25) is 0 Å². The number of rotatable bonds is 3. The van der Waals surface area contributed by atoms with Crippen LogP contribution in [-0.2, 0) is 13.0 Å². The van der Waals surface area contributed by atoms with Crippen LogP contribution in [0.3, 0.4) is 0 Å². The van der Waals surface area contributed by atoms with Crippen molar-refractivity contribution in [1.29, 1.82) is 0 Å². The zero-order valence-electron chi connectivity index (χ0n) is 13.1. The second-order valence-electron chi connectivity index (χ2n) is 6.17. The minimum absolute atomic E-state index is 0.204. The highest BCUT2D eigenvalue weighted by Gasteiger charge is 2.19. The number of nitrogens with two attached hydrogens (primary N) is 1. The van der Waals surface area contributed by atoms with E-state index < -0.39 is 0 Å². The average molecular weight is 281 g/mol. The van der Waals surface area contributed by atoms with Gasteiger partial charge in [0.05, 0.1) is 0 Å². The van der Waals surface area contributed by atoms with Crippen molar-refractivity contribution in [3.8, 4) is 5.75 Å². The van der Waals surface area contributed by atoms with Gasteiger partial charge in [0.15, 0.2) is 0 Å². The zero-order chi connectivity index (χ0) is 15.0. The summed E-state index contributed by atoms with van der Waals surface area (Å²) in [5.41, 5.74) is 13.9. The average Bonchev–Trinajstić information content (AvgIpc) is 2.79. The summed E-state index contributed by atoms with van der Waals surface area (Å²) < 4.78 is 6.01. The van der Waals surface area contributed by atoms with Crippen LogP contribution in [0.1, 0.15) is 45.8 Å². The highest BCUT2D eigenvalue weighted by Crippen LogP contribution is 2.32. The fraction of sp³-hybridized carbons (Fsp3) is 0.368. The first-order valence-electron chi connectivity index (χ1n) is 7.62. The van der Waals surface area contributed by atoms with Crippen LogP contribution in [0.2, 0.25) is 0 Å². The first kappa shape index (κ1) is 14.2. The maximum Gasteiger partial charge on any atom is 0.120 e. The summed E-state index contributed by atoms with van der Waals surface area (Å²) in [7, 11) is 0. The van der Waals surface area contributed by atoms with Crippen LogP contribution in [0.25, 0.3) is 0 Å². The molecule has 1 atom stereocenters. The van der Waals surface area contributed by atoms with E-state index in [4.69, 9.17) is 10.5 Å². The molecule has 0 fully saturated rings. The van der Waals surface area contributed by atoms with Crippen LogP contribution in [0, 0.1) is 20.8 Å². The maximum atomic E-state index is 6.07. The lowest BCUT2D eigenvalue weighted by Crippen LogP contribution is -2.05. The Morgan fingerprint density at radius 1 is 1.10 bits per heavy atom. The van der Waals surface area contributed by atoms with E-state index in [-0.39, 0.29) is 6.04 Å². The molecular weight excluding hydrogens is 258 g/mol. The maximum absolute atomic E-state index is 6.07. The minimum Gasteiger partial charge on any atom is -0.489 e. The van der Waals surface area contributed by atoms with Crippen LogP contribution in [-0.4, -0.2) is 0 Å². The normalized spacial score (nSPS) is 16.9. The first-order chi connectivity index (χ1) is 10.0. The molecule has 2 heteroatoms. The summed E-state index contributed by atoms with van der Waals surface area (Å²) in [4.78, 5) is 0. The molecule has 1 aliphatic carbocycles. The molecule has 2 aromatic carbocycles. The van der Waals surface area contributed by atoms with Crippen molar-refractivity contribution in [3.05, 3.63) is 63.7 Å². The Hall–Kier alpha value is -1.80. The third-order valence-corrected chi connectivity index (χ3v) is 4.46. The predicted molar refractivity (Wildman–Crippen MR) is 86.7 cm³/mol. The van der Waals surface area contributed by atoms with Gasteiger partial charge in [-0.25, -0.2) is 0 Å². The van der Waals surface area contributed by atoms with Crippen molar-refractivity contribution >= 4 is 0 Å². The Bertz CT molecular complexity index is 652. The van der Waals surface area contributed by atoms with E-state index in [1.807, 2.05) is 6.07 Å². The van der Waals surface area contributed by atoms with Crippen molar-refractivity contribution in [1.82, 2.24) is 0 Å². The minimum atomic E-state index is 0.204. The van der Waals surface area contributed by atoms with Gasteiger partial charge >= 0.3 is 0 Å². The van der Waals surface area contributed by atoms with E-state index in [2.05, 4.69) is 45.0 Å². The molecule has 0 aliphatic heterocycles. The van der Waals surface area contributed by atoms with Gasteiger partial charge in [0, 0.05) is 6.04 Å². The summed E-state index contributed by atoms with van der Waals surface area (Å²) in [6.07, 6.45) is 2.12. The number of fused-ring (bicyclic) bond motifs is 1. The number of aryl methyl sites for hydroxylation is 4. The molecule has 21 heavy (non-hydrogen) atoms. The molecule has 2 nitrogen and oxygen atoms in total. The molecule has 0 radical (unpaired) electrons. The molecule has 3 rings (SSSR count). The smallest absolute Gasteiger partial charge is 0.120 e. The van der Waals surface area contributed by atoms with E-state index in [1.54, 1.807) is 0 Å². The summed E-state index contributed by atoms with van der Waals surface area (Å²) in [5, 5.41) is 0. The summed E-state index contributed by atoms with van der Waals surface area (Å²) >= 11 is 0. The predicted octanol–water partition coefficient (Wildman–Crippen LogP) is 4.14. The van der Waals surface area contributed by atoms with Crippen LogP contribution in [0.15, 0.2) is 30.3 Å². The molecule has 0 saturated heterocycles. The van der Waals surface area contributed by atoms with Gasteiger partial charge in [-0.1, -0.05) is 23.8 Å². The van der Waals surface area contributed by atoms with Gasteiger partial charge in [-0.2, -0.15) is 0 Å². The standard InChI is InChI=1S/C19H23NO/c1-12-8-13(2)18(14(3)9-12)11-21-16-5-6-17-15(10-16)4-7-19(17)20/h5-6,8-10,19H,4,7,11,20H2,1-3H3/t19-/m0/s1. The number of hydrogen-bond acceptors (Lipinski definition) is 2. The SMILES string of the molecule is Cc1cc(C)c(COc2ccc3c(c2)CC[C@@H]3N)c(C)c1. The van der Waals surface area contributed by atoms with E-state index in [9.17, 15) is 0 Å². The Balaban J connectivity index is 1.77. The Kier molecular flexibility index (Phi) is 3.73. The zero-order valence-corrected chi connectivity index (χ0v) is 13.1. The van der Waals surface area contributed by atoms with E-state index in [0.29, 0.717) is 6.61 Å². The van der Waals surface area contributed by atoms with E-state index >= 15 is 0 Å². The van der Waals surface area contributed by atoms with Crippen molar-refractivity contribution < 1.29 is 4.74 Å². The lowest BCUT2D eigenvalue weighted by atomic mass is 10.0. The van der Waals surface area contributed by atoms with Gasteiger partial charge in [-0.05, 0) is 73.6 Å². The van der Waals surface area contributed by atoms with Gasteiger partial charge in [0.1, 0.15) is 12.4 Å². The fourth-order valence-corrected chi connectivity index (χ4v) is 3.31. The largest absolute Gasteiger partial charge is 0.489 e. The third kappa shape index (κ3) is 2.81. The third-order valence-electron chi connectivity index (χ3n) is 4.46. The van der Waals surface area contributed by atoms with E-state index in [0.717, 1.165) is 18.6 Å². The lowest BCUT2D eigenvalue weighted by Gasteiger charge is -2.14. The van der Waals surface area contributed by atoms with E-state index in [1.165, 1.54) is 33.4 Å². The molecule has 0 amide bonds. The van der Waals surface area contributed by atoms with Crippen LogP contribution in [0.5, 0.6) is 5.75 Å². The second kappa shape index (κ2) is 5.53. The summed E-state index contributed by atoms with van der Waals surface area (Å²) in [5.74, 6) is 0.947. The van der Waals surface area contributed by atoms with Crippen molar-refractivity contribution in [3.63, 3.8) is 0 Å². The highest BCUT2D eigenvalue weighted by atomic mass is 16.5. The van der Waals surface area contributed by atoms with Gasteiger partial charge in [0.25, 0.3) is 0 Å². The summed E-state index contributed by atoms with van der Waals surface area (Å²) in [6.45, 7) is 7.07. The number of benzene rings is 2. The Morgan fingerprint density at radius 2 is 1.81 bits per heavy atom. The quantitative estimate of drug-likeness (QED) is 0.917. The number of ether oxygens (including phenoxy) is 1. The second-order valence-corrected chi connectivity index (χ2v) is 6.17. The highest BCUT2D eigenvalue weighted by molar-refractivity contribution is 5.41. The number of hydrogen-bond donors (Lipinski definition) is 1. The fourth-order valence-electron chi connectivity index (χ4n) is 3.31. The molecule has 0 saturated carbocycles. The van der Waals surface area contributed by atoms with Gasteiger partial charge in [-0.3, -0.25) is 0 Å². The molecule has 0 unspecified atom stereocenters. The first-order valence-corrected chi connectivity index (χ1v) is 7.62. The summed E-state index contributed by atoms with van der Waals surface area (Å²) in [6, 6.07) is 11.0. The molecular formula is C19H23NO. The molecule has 0 aromatic heterocycles. The van der Waals surface area contributed by atoms with Gasteiger partial charge < -0.3 is 10.5 Å². The topological polar surface area (TPSA) is 35.2 Å². The Morgan fingerprint density at radius 3 is 2.52 bits per heavy atom. The van der Waals surface area contributed by atoms with Crippen LogP contribution < -0.4 is 10.5 Å². The monoisotopic (exact) mass is 281 g/mol. The Labute approximate surface area is 126 Å². The molecule has 0 spiro atoms. The molecule has 2 N–H and O–H groups in total.